The van der Waals surface area contributed by atoms with Crippen molar-refractivity contribution in [3.8, 4) is 23.0 Å². The Bertz CT molecular complexity index is 701. The van der Waals surface area contributed by atoms with Crippen LogP contribution < -0.4 is 14.2 Å². The number of alkyl halides is 2. The predicted molar refractivity (Wildman–Crippen MR) is 138 cm³/mol. The quantitative estimate of drug-likeness (QED) is 0.153. The van der Waals surface area contributed by atoms with Gasteiger partial charge in [0.1, 0.15) is 23.0 Å². The van der Waals surface area contributed by atoms with Crippen LogP contribution in [0.25, 0.3) is 0 Å². The third-order valence-electron chi connectivity index (χ3n) is 4.91. The van der Waals surface area contributed by atoms with E-state index >= 15 is 0 Å². The lowest BCUT2D eigenvalue weighted by Crippen LogP contribution is -2.02. The minimum Gasteiger partial charge on any atom is -0.493 e. The van der Waals surface area contributed by atoms with Crippen molar-refractivity contribution >= 4 is 31.9 Å². The highest BCUT2D eigenvalue weighted by Gasteiger charge is 2.10. The van der Waals surface area contributed by atoms with Crippen molar-refractivity contribution in [1.29, 1.82) is 0 Å². The fourth-order valence-corrected chi connectivity index (χ4v) is 4.14. The van der Waals surface area contributed by atoms with Crippen LogP contribution in [-0.4, -0.2) is 23.9 Å². The first-order valence-electron chi connectivity index (χ1n) is 11.5. The Morgan fingerprint density at radius 2 is 1.10 bits per heavy atom. The Kier molecular flexibility index (Phi) is 13.1. The molecule has 0 N–H and O–H groups in total. The Labute approximate surface area is 205 Å². The normalized spacial score (nSPS) is 10.8. The highest BCUT2D eigenvalue weighted by atomic mass is 79.9. The van der Waals surface area contributed by atoms with Crippen LogP contribution in [0.1, 0.15) is 63.5 Å². The number of benzene rings is 2. The van der Waals surface area contributed by atoms with Crippen LogP contribution in [0.3, 0.4) is 0 Å². The number of halogens is 2. The lowest BCUT2D eigenvalue weighted by molar-refractivity contribution is 0.305. The second-order valence-corrected chi connectivity index (χ2v) is 9.22. The smallest absolute Gasteiger partial charge is 0.127 e. The molecule has 172 valence electrons. The SMILES string of the molecule is CCCc1cc(Oc2ccc(OCCCCBr)c(CCC)c2)ccc1OCCCCBr. The Morgan fingerprint density at radius 1 is 0.645 bits per heavy atom. The van der Waals surface area contributed by atoms with E-state index in [-0.39, 0.29) is 0 Å². The largest absolute Gasteiger partial charge is 0.493 e. The summed E-state index contributed by atoms with van der Waals surface area (Å²) < 4.78 is 18.3. The second kappa shape index (κ2) is 15.6. The van der Waals surface area contributed by atoms with Gasteiger partial charge < -0.3 is 14.2 Å². The number of ether oxygens (including phenoxy) is 3. The van der Waals surface area contributed by atoms with Gasteiger partial charge in [0.25, 0.3) is 0 Å². The zero-order valence-electron chi connectivity index (χ0n) is 18.9. The van der Waals surface area contributed by atoms with Gasteiger partial charge in [-0.3, -0.25) is 0 Å². The zero-order chi connectivity index (χ0) is 22.3. The maximum atomic E-state index is 6.22. The molecule has 5 heteroatoms. The first-order valence-corrected chi connectivity index (χ1v) is 13.8. The zero-order valence-corrected chi connectivity index (χ0v) is 22.1. The molecule has 3 nitrogen and oxygen atoms in total. The van der Waals surface area contributed by atoms with Gasteiger partial charge in [0.15, 0.2) is 0 Å². The summed E-state index contributed by atoms with van der Waals surface area (Å²) in [5.41, 5.74) is 2.42. The van der Waals surface area contributed by atoms with Gasteiger partial charge in [-0.15, -0.1) is 0 Å². The molecular weight excluding hydrogens is 520 g/mol. The van der Waals surface area contributed by atoms with Crippen LogP contribution in [0.4, 0.5) is 0 Å². The van der Waals surface area contributed by atoms with E-state index in [1.54, 1.807) is 0 Å². The first kappa shape index (κ1) is 26.1. The fraction of sp³-hybridized carbons (Fsp3) is 0.538. The average Bonchev–Trinajstić information content (AvgIpc) is 2.77. The average molecular weight is 556 g/mol. The third kappa shape index (κ3) is 9.44. The van der Waals surface area contributed by atoms with Gasteiger partial charge in [-0.25, -0.2) is 0 Å². The Morgan fingerprint density at radius 3 is 1.48 bits per heavy atom. The molecule has 0 aliphatic heterocycles. The van der Waals surface area contributed by atoms with Crippen molar-refractivity contribution in [3.63, 3.8) is 0 Å². The van der Waals surface area contributed by atoms with E-state index in [2.05, 4.69) is 57.8 Å². The molecule has 0 aromatic heterocycles. The molecule has 0 saturated heterocycles. The molecule has 2 aromatic carbocycles. The van der Waals surface area contributed by atoms with Crippen LogP contribution >= 0.6 is 31.9 Å². The molecule has 0 heterocycles. The summed E-state index contributed by atoms with van der Waals surface area (Å²) in [6.07, 6.45) is 8.47. The summed E-state index contributed by atoms with van der Waals surface area (Å²) in [5.74, 6) is 3.65. The van der Waals surface area contributed by atoms with E-state index in [0.29, 0.717) is 0 Å². The predicted octanol–water partition coefficient (Wildman–Crippen LogP) is 8.49. The summed E-state index contributed by atoms with van der Waals surface area (Å²) in [6.45, 7) is 5.88. The number of rotatable bonds is 16. The minimum atomic E-state index is 0.750. The van der Waals surface area contributed by atoms with E-state index in [0.717, 1.165) is 98.2 Å². The van der Waals surface area contributed by atoms with Gasteiger partial charge >= 0.3 is 0 Å². The maximum Gasteiger partial charge on any atom is 0.127 e. The van der Waals surface area contributed by atoms with E-state index in [4.69, 9.17) is 14.2 Å². The molecule has 0 atom stereocenters. The van der Waals surface area contributed by atoms with Crippen molar-refractivity contribution in [1.82, 2.24) is 0 Å². The van der Waals surface area contributed by atoms with Crippen LogP contribution in [-0.2, 0) is 12.8 Å². The number of hydrogen-bond donors (Lipinski definition) is 0. The van der Waals surface area contributed by atoms with Crippen LogP contribution in [0.2, 0.25) is 0 Å². The summed E-state index contributed by atoms with van der Waals surface area (Å²) >= 11 is 6.94. The van der Waals surface area contributed by atoms with Crippen molar-refractivity contribution in [2.24, 2.45) is 0 Å². The van der Waals surface area contributed by atoms with Gasteiger partial charge in [-0.1, -0.05) is 58.5 Å². The van der Waals surface area contributed by atoms with E-state index in [1.165, 1.54) is 11.1 Å². The molecule has 2 rings (SSSR count). The maximum absolute atomic E-state index is 6.22. The molecule has 0 unspecified atom stereocenters. The molecule has 0 amide bonds. The molecule has 2 aromatic rings. The Hall–Kier alpha value is -1.20. The van der Waals surface area contributed by atoms with Crippen molar-refractivity contribution in [2.45, 2.75) is 65.2 Å². The first-order chi connectivity index (χ1) is 15.2. The van der Waals surface area contributed by atoms with Crippen LogP contribution in [0.15, 0.2) is 36.4 Å². The van der Waals surface area contributed by atoms with Gasteiger partial charge in [0.05, 0.1) is 13.2 Å². The van der Waals surface area contributed by atoms with Crippen LogP contribution in [0.5, 0.6) is 23.0 Å². The molecule has 0 aliphatic carbocycles. The van der Waals surface area contributed by atoms with Gasteiger partial charge in [0, 0.05) is 10.7 Å². The number of hydrogen-bond acceptors (Lipinski definition) is 3. The molecule has 0 radical (unpaired) electrons. The Balaban J connectivity index is 2.09. The lowest BCUT2D eigenvalue weighted by atomic mass is 10.1. The minimum absolute atomic E-state index is 0.750. The summed E-state index contributed by atoms with van der Waals surface area (Å²) in [5, 5.41) is 2.04. The molecule has 0 aliphatic rings. The van der Waals surface area contributed by atoms with E-state index in [9.17, 15) is 0 Å². The number of unbranched alkanes of at least 4 members (excludes halogenated alkanes) is 2. The monoisotopic (exact) mass is 554 g/mol. The van der Waals surface area contributed by atoms with Gasteiger partial charge in [-0.05, 0) is 86.1 Å². The van der Waals surface area contributed by atoms with Gasteiger partial charge in [0.2, 0.25) is 0 Å². The molecule has 31 heavy (non-hydrogen) atoms. The highest BCUT2D eigenvalue weighted by Crippen LogP contribution is 2.32. The third-order valence-corrected chi connectivity index (χ3v) is 6.03. The fourth-order valence-electron chi connectivity index (χ4n) is 3.34. The van der Waals surface area contributed by atoms with E-state index in [1.807, 2.05) is 24.3 Å². The van der Waals surface area contributed by atoms with Crippen molar-refractivity contribution in [2.75, 3.05) is 23.9 Å². The van der Waals surface area contributed by atoms with Crippen molar-refractivity contribution < 1.29 is 14.2 Å². The summed E-state index contributed by atoms with van der Waals surface area (Å²) in [6, 6.07) is 12.3. The summed E-state index contributed by atoms with van der Waals surface area (Å²) in [7, 11) is 0. The molecule has 0 saturated carbocycles. The topological polar surface area (TPSA) is 27.7 Å². The van der Waals surface area contributed by atoms with Crippen molar-refractivity contribution in [3.05, 3.63) is 47.5 Å². The molecule has 0 fully saturated rings. The van der Waals surface area contributed by atoms with Gasteiger partial charge in [-0.2, -0.15) is 0 Å². The summed E-state index contributed by atoms with van der Waals surface area (Å²) in [4.78, 5) is 0. The van der Waals surface area contributed by atoms with E-state index < -0.39 is 0 Å². The lowest BCUT2D eigenvalue weighted by Gasteiger charge is -2.15. The molecular formula is C26H36Br2O3. The standard InChI is InChI=1S/C26H36Br2O3/c1-3-9-21-19-23(11-13-25(21)29-17-7-5-15-27)31-24-12-14-26(22(20-24)10-4-2)30-18-8-6-16-28/h11-14,19-20H,3-10,15-18H2,1-2H3. The highest BCUT2D eigenvalue weighted by molar-refractivity contribution is 9.09. The number of aryl methyl sites for hydroxylation is 2. The molecule has 0 bridgehead atoms. The second-order valence-electron chi connectivity index (χ2n) is 7.63. The molecule has 0 spiro atoms. The van der Waals surface area contributed by atoms with Crippen LogP contribution in [0, 0.1) is 0 Å².